The van der Waals surface area contributed by atoms with Crippen LogP contribution in [0.3, 0.4) is 0 Å². The molecule has 1 atom stereocenters. The molecule has 0 radical (unpaired) electrons. The molecule has 0 saturated carbocycles. The van der Waals surface area contributed by atoms with Crippen LogP contribution in [0.15, 0.2) is 25.0 Å². The number of hydrogen-bond donors (Lipinski definition) is 1. The molecule has 0 aliphatic heterocycles. The molecule has 78 valence electrons. The van der Waals surface area contributed by atoms with Crippen molar-refractivity contribution in [3.05, 3.63) is 30.9 Å². The Kier molecular flexibility index (Phi) is 3.47. The van der Waals surface area contributed by atoms with Crippen molar-refractivity contribution in [1.29, 1.82) is 0 Å². The van der Waals surface area contributed by atoms with Crippen molar-refractivity contribution in [3.63, 3.8) is 0 Å². The van der Waals surface area contributed by atoms with Crippen molar-refractivity contribution in [2.45, 2.75) is 38.8 Å². The van der Waals surface area contributed by atoms with Gasteiger partial charge in [-0.2, -0.15) is 0 Å². The van der Waals surface area contributed by atoms with E-state index < -0.39 is 5.60 Å². The van der Waals surface area contributed by atoms with Gasteiger partial charge in [0.15, 0.2) is 0 Å². The van der Waals surface area contributed by atoms with Gasteiger partial charge in [-0.15, -0.1) is 6.58 Å². The fourth-order valence-corrected chi connectivity index (χ4v) is 1.53. The molecule has 0 amide bonds. The highest BCUT2D eigenvalue weighted by Crippen LogP contribution is 2.24. The van der Waals surface area contributed by atoms with Crippen LogP contribution in [0.4, 0.5) is 0 Å². The Hall–Kier alpha value is -1.09. The smallest absolute Gasteiger partial charge is 0.140 e. The number of aryl methyl sites for hydroxylation is 1. The largest absolute Gasteiger partial charge is 0.382 e. The zero-order valence-corrected chi connectivity index (χ0v) is 8.90. The Morgan fingerprint density at radius 1 is 1.71 bits per heavy atom. The Bertz CT molecular complexity index is 302. The molecule has 0 aliphatic rings. The first kappa shape index (κ1) is 11.0. The minimum atomic E-state index is -0.853. The fraction of sp³-hybridized carbons (Fsp3) is 0.545. The maximum absolute atomic E-state index is 10.2. The summed E-state index contributed by atoms with van der Waals surface area (Å²) in [4.78, 5) is 4.19. The van der Waals surface area contributed by atoms with E-state index >= 15 is 0 Å². The van der Waals surface area contributed by atoms with E-state index in [-0.39, 0.29) is 0 Å². The average molecular weight is 194 g/mol. The Morgan fingerprint density at radius 2 is 2.43 bits per heavy atom. The van der Waals surface area contributed by atoms with E-state index in [0.717, 1.165) is 18.8 Å². The molecular weight excluding hydrogens is 176 g/mol. The van der Waals surface area contributed by atoms with Gasteiger partial charge in [0.25, 0.3) is 0 Å². The third kappa shape index (κ3) is 2.23. The van der Waals surface area contributed by atoms with Crippen molar-refractivity contribution in [2.24, 2.45) is 0 Å². The first-order chi connectivity index (χ1) is 6.61. The number of hydrogen-bond acceptors (Lipinski definition) is 2. The lowest BCUT2D eigenvalue weighted by Crippen LogP contribution is -2.25. The second-order valence-corrected chi connectivity index (χ2v) is 3.64. The molecule has 0 spiro atoms. The predicted octanol–water partition coefficient (Wildman–Crippen LogP) is 2.08. The Labute approximate surface area is 85.1 Å². The number of aromatic nitrogens is 2. The third-order valence-corrected chi connectivity index (χ3v) is 2.37. The molecule has 0 aromatic carbocycles. The molecule has 1 aromatic heterocycles. The van der Waals surface area contributed by atoms with Crippen LogP contribution >= 0.6 is 0 Å². The summed E-state index contributed by atoms with van der Waals surface area (Å²) in [6.07, 6.45) is 6.88. The number of aliphatic hydroxyl groups is 1. The first-order valence-electron chi connectivity index (χ1n) is 4.96. The van der Waals surface area contributed by atoms with Crippen molar-refractivity contribution in [3.8, 4) is 0 Å². The highest BCUT2D eigenvalue weighted by atomic mass is 16.3. The summed E-state index contributed by atoms with van der Waals surface area (Å²) in [5, 5.41) is 10.2. The van der Waals surface area contributed by atoms with E-state index in [0.29, 0.717) is 6.42 Å². The molecule has 1 heterocycles. The van der Waals surface area contributed by atoms with Crippen LogP contribution in [0.1, 0.15) is 32.5 Å². The lowest BCUT2D eigenvalue weighted by molar-refractivity contribution is 0.0360. The normalized spacial score (nSPS) is 15.1. The molecule has 14 heavy (non-hydrogen) atoms. The molecule has 1 unspecified atom stereocenters. The van der Waals surface area contributed by atoms with Crippen LogP contribution in [0.25, 0.3) is 0 Å². The van der Waals surface area contributed by atoms with Gasteiger partial charge in [0.1, 0.15) is 11.4 Å². The summed E-state index contributed by atoms with van der Waals surface area (Å²) in [6.45, 7) is 8.32. The van der Waals surface area contributed by atoms with Gasteiger partial charge >= 0.3 is 0 Å². The zero-order valence-electron chi connectivity index (χ0n) is 8.90. The maximum Gasteiger partial charge on any atom is 0.140 e. The third-order valence-electron chi connectivity index (χ3n) is 2.37. The van der Waals surface area contributed by atoms with Gasteiger partial charge in [0.05, 0.1) is 0 Å². The van der Waals surface area contributed by atoms with Crippen molar-refractivity contribution < 1.29 is 5.11 Å². The van der Waals surface area contributed by atoms with Crippen LogP contribution in [0, 0.1) is 0 Å². The molecule has 1 N–H and O–H groups in total. The van der Waals surface area contributed by atoms with E-state index in [1.165, 1.54) is 0 Å². The number of imidazole rings is 1. The molecule has 1 rings (SSSR count). The van der Waals surface area contributed by atoms with Crippen molar-refractivity contribution in [2.75, 3.05) is 0 Å². The Balaban J connectivity index is 2.84. The van der Waals surface area contributed by atoms with Gasteiger partial charge in [-0.1, -0.05) is 6.08 Å². The summed E-state index contributed by atoms with van der Waals surface area (Å²) in [5.74, 6) is 0.738. The van der Waals surface area contributed by atoms with Gasteiger partial charge in [-0.3, -0.25) is 0 Å². The summed E-state index contributed by atoms with van der Waals surface area (Å²) in [7, 11) is 0. The van der Waals surface area contributed by atoms with Crippen LogP contribution in [-0.2, 0) is 12.1 Å². The topological polar surface area (TPSA) is 38.1 Å². The molecule has 3 heteroatoms. The maximum atomic E-state index is 10.2. The SMILES string of the molecule is C=CCCC(C)(O)c1nccn1CC. The van der Waals surface area contributed by atoms with Crippen molar-refractivity contribution in [1.82, 2.24) is 9.55 Å². The Morgan fingerprint density at radius 3 is 3.00 bits per heavy atom. The van der Waals surface area contributed by atoms with E-state index in [2.05, 4.69) is 11.6 Å². The lowest BCUT2D eigenvalue weighted by Gasteiger charge is -2.22. The molecule has 0 fully saturated rings. The lowest BCUT2D eigenvalue weighted by atomic mass is 9.99. The van der Waals surface area contributed by atoms with Crippen LogP contribution in [-0.4, -0.2) is 14.7 Å². The quantitative estimate of drug-likeness (QED) is 0.729. The summed E-state index contributed by atoms with van der Waals surface area (Å²) >= 11 is 0. The molecule has 1 aromatic rings. The minimum absolute atomic E-state index is 0.660. The summed E-state index contributed by atoms with van der Waals surface area (Å²) < 4.78 is 1.96. The molecule has 0 aliphatic carbocycles. The van der Waals surface area contributed by atoms with Gasteiger partial charge < -0.3 is 9.67 Å². The molecule has 3 nitrogen and oxygen atoms in total. The second-order valence-electron chi connectivity index (χ2n) is 3.64. The van der Waals surface area contributed by atoms with E-state index in [1.807, 2.05) is 23.8 Å². The molecular formula is C11H18N2O. The molecule has 0 bridgehead atoms. The minimum Gasteiger partial charge on any atom is -0.382 e. The number of nitrogens with zero attached hydrogens (tertiary/aromatic N) is 2. The predicted molar refractivity (Wildman–Crippen MR) is 56.9 cm³/mol. The van der Waals surface area contributed by atoms with Gasteiger partial charge in [-0.25, -0.2) is 4.98 Å². The standard InChI is InChI=1S/C11H18N2O/c1-4-6-7-11(3,14)10-12-8-9-13(10)5-2/h4,8-9,14H,1,5-7H2,2-3H3. The van der Waals surface area contributed by atoms with Crippen molar-refractivity contribution >= 4 is 0 Å². The van der Waals surface area contributed by atoms with Crippen LogP contribution in [0.2, 0.25) is 0 Å². The second kappa shape index (κ2) is 4.42. The van der Waals surface area contributed by atoms with Gasteiger partial charge in [0.2, 0.25) is 0 Å². The van der Waals surface area contributed by atoms with E-state index in [1.54, 1.807) is 13.1 Å². The number of rotatable bonds is 5. The summed E-state index contributed by atoms with van der Waals surface area (Å²) in [5.41, 5.74) is -0.853. The van der Waals surface area contributed by atoms with Crippen LogP contribution < -0.4 is 0 Å². The monoisotopic (exact) mass is 194 g/mol. The zero-order chi connectivity index (χ0) is 10.6. The average Bonchev–Trinajstić information content (AvgIpc) is 2.63. The van der Waals surface area contributed by atoms with Crippen LogP contribution in [0.5, 0.6) is 0 Å². The highest BCUT2D eigenvalue weighted by Gasteiger charge is 2.26. The first-order valence-corrected chi connectivity index (χ1v) is 4.96. The van der Waals surface area contributed by atoms with E-state index in [4.69, 9.17) is 0 Å². The van der Waals surface area contributed by atoms with E-state index in [9.17, 15) is 5.11 Å². The molecule has 0 saturated heterocycles. The summed E-state index contributed by atoms with van der Waals surface area (Å²) in [6, 6.07) is 0. The van der Waals surface area contributed by atoms with Gasteiger partial charge in [-0.05, 0) is 26.7 Å². The highest BCUT2D eigenvalue weighted by molar-refractivity contribution is 5.03. The fourth-order valence-electron chi connectivity index (χ4n) is 1.53. The van der Waals surface area contributed by atoms with Gasteiger partial charge in [0, 0.05) is 18.9 Å². The number of allylic oxidation sites excluding steroid dienone is 1.